The normalized spacial score (nSPS) is 12.9. The standard InChI is InChI=1S/C10H11NO6/c12-8(6-4-2-1-3-5-6)11-7(9(13)14)10(15,16)17/h1-5,7,15-17H,(H,11,12)(H,13,14)/t7-/m1/s1. The number of benzene rings is 1. The van der Waals surface area contributed by atoms with Gasteiger partial charge in [-0.05, 0) is 12.1 Å². The largest absolute Gasteiger partial charge is 0.479 e. The molecule has 0 aromatic heterocycles. The van der Waals surface area contributed by atoms with E-state index in [2.05, 4.69) is 0 Å². The lowest BCUT2D eigenvalue weighted by atomic mass is 10.2. The topological polar surface area (TPSA) is 127 Å². The van der Waals surface area contributed by atoms with Crippen molar-refractivity contribution in [2.24, 2.45) is 0 Å². The minimum Gasteiger partial charge on any atom is -0.479 e. The highest BCUT2D eigenvalue weighted by atomic mass is 16.7. The molecule has 0 saturated carbocycles. The van der Waals surface area contributed by atoms with Crippen LogP contribution in [0.15, 0.2) is 30.3 Å². The van der Waals surface area contributed by atoms with Gasteiger partial charge >= 0.3 is 11.9 Å². The molecule has 0 radical (unpaired) electrons. The Bertz CT molecular complexity index is 411. The van der Waals surface area contributed by atoms with Crippen molar-refractivity contribution in [3.05, 3.63) is 35.9 Å². The van der Waals surface area contributed by atoms with Gasteiger partial charge in [-0.2, -0.15) is 0 Å². The van der Waals surface area contributed by atoms with Gasteiger partial charge in [0.15, 0.2) is 0 Å². The van der Waals surface area contributed by atoms with E-state index < -0.39 is 23.9 Å². The number of rotatable bonds is 4. The van der Waals surface area contributed by atoms with Crippen LogP contribution in [0.3, 0.4) is 0 Å². The number of carbonyl (C=O) groups excluding carboxylic acids is 1. The summed E-state index contributed by atoms with van der Waals surface area (Å²) in [5.41, 5.74) is 0.128. The lowest BCUT2D eigenvalue weighted by Crippen LogP contribution is -2.57. The van der Waals surface area contributed by atoms with Gasteiger partial charge in [0, 0.05) is 5.56 Å². The Hall–Kier alpha value is -1.96. The SMILES string of the molecule is O=C(N[C@H](C(=O)O)C(O)(O)O)c1ccccc1. The zero-order chi connectivity index (χ0) is 13.1. The van der Waals surface area contributed by atoms with Crippen molar-refractivity contribution in [3.63, 3.8) is 0 Å². The van der Waals surface area contributed by atoms with Gasteiger partial charge in [0.25, 0.3) is 5.91 Å². The first-order chi connectivity index (χ1) is 7.82. The molecule has 0 fully saturated rings. The Balaban J connectivity index is 2.83. The predicted octanol–water partition coefficient (Wildman–Crippen LogP) is -1.50. The summed E-state index contributed by atoms with van der Waals surface area (Å²) in [4.78, 5) is 22.1. The molecule has 1 aromatic rings. The first kappa shape index (κ1) is 13.1. The molecule has 17 heavy (non-hydrogen) atoms. The second-order valence-electron chi connectivity index (χ2n) is 3.30. The summed E-state index contributed by atoms with van der Waals surface area (Å²) < 4.78 is 0. The number of hydrogen-bond donors (Lipinski definition) is 5. The van der Waals surface area contributed by atoms with Crippen LogP contribution >= 0.6 is 0 Å². The number of carboxylic acid groups (broad SMARTS) is 1. The Kier molecular flexibility index (Phi) is 3.79. The van der Waals surface area contributed by atoms with Crippen LogP contribution in [0.1, 0.15) is 10.4 Å². The number of amides is 1. The highest BCUT2D eigenvalue weighted by molar-refractivity contribution is 5.96. The van der Waals surface area contributed by atoms with E-state index in [1.54, 1.807) is 23.5 Å². The third-order valence-corrected chi connectivity index (χ3v) is 1.95. The van der Waals surface area contributed by atoms with Gasteiger partial charge in [0.2, 0.25) is 6.04 Å². The molecule has 5 N–H and O–H groups in total. The molecule has 0 bridgehead atoms. The van der Waals surface area contributed by atoms with Crippen LogP contribution < -0.4 is 5.32 Å². The van der Waals surface area contributed by atoms with E-state index in [4.69, 9.17) is 20.4 Å². The van der Waals surface area contributed by atoms with E-state index in [0.717, 1.165) is 0 Å². The molecule has 92 valence electrons. The van der Waals surface area contributed by atoms with Crippen molar-refractivity contribution in [2.75, 3.05) is 0 Å². The molecule has 0 aliphatic rings. The Morgan fingerprint density at radius 1 is 1.12 bits per heavy atom. The van der Waals surface area contributed by atoms with Crippen LogP contribution in [0.4, 0.5) is 0 Å². The van der Waals surface area contributed by atoms with Gasteiger partial charge in [-0.15, -0.1) is 0 Å². The van der Waals surface area contributed by atoms with Crippen LogP contribution in [0, 0.1) is 0 Å². The van der Waals surface area contributed by atoms with Gasteiger partial charge in [0.05, 0.1) is 0 Å². The fourth-order valence-electron chi connectivity index (χ4n) is 1.13. The maximum Gasteiger partial charge on any atom is 0.334 e. The Morgan fingerprint density at radius 3 is 2.06 bits per heavy atom. The maximum absolute atomic E-state index is 11.5. The van der Waals surface area contributed by atoms with Gasteiger partial charge in [-0.25, -0.2) is 4.79 Å². The number of hydrogen-bond acceptors (Lipinski definition) is 5. The number of aliphatic hydroxyl groups is 3. The third kappa shape index (κ3) is 3.52. The quantitative estimate of drug-likeness (QED) is 0.408. The first-order valence-electron chi connectivity index (χ1n) is 4.58. The minimum absolute atomic E-state index is 0.128. The number of nitrogens with one attached hydrogen (secondary N) is 1. The number of aliphatic carboxylic acids is 1. The minimum atomic E-state index is -3.53. The van der Waals surface area contributed by atoms with Crippen LogP contribution in [0.5, 0.6) is 0 Å². The summed E-state index contributed by atoms with van der Waals surface area (Å²) >= 11 is 0. The van der Waals surface area contributed by atoms with Crippen molar-refractivity contribution in [1.82, 2.24) is 5.32 Å². The lowest BCUT2D eigenvalue weighted by Gasteiger charge is -2.23. The number of carboxylic acids is 1. The van der Waals surface area contributed by atoms with Crippen molar-refractivity contribution in [3.8, 4) is 0 Å². The molecule has 0 aliphatic heterocycles. The van der Waals surface area contributed by atoms with Crippen LogP contribution in [0.25, 0.3) is 0 Å². The highest BCUT2D eigenvalue weighted by Crippen LogP contribution is 2.05. The van der Waals surface area contributed by atoms with Crippen molar-refractivity contribution in [1.29, 1.82) is 0 Å². The smallest absolute Gasteiger partial charge is 0.334 e. The fraction of sp³-hybridized carbons (Fsp3) is 0.200. The molecule has 7 nitrogen and oxygen atoms in total. The van der Waals surface area contributed by atoms with Gasteiger partial charge < -0.3 is 25.7 Å². The average Bonchev–Trinajstić information content (AvgIpc) is 2.24. The zero-order valence-electron chi connectivity index (χ0n) is 8.57. The van der Waals surface area contributed by atoms with Gasteiger partial charge in [-0.3, -0.25) is 4.79 Å². The molecular formula is C10H11NO6. The fourth-order valence-corrected chi connectivity index (χ4v) is 1.13. The van der Waals surface area contributed by atoms with Crippen molar-refractivity contribution in [2.45, 2.75) is 12.0 Å². The summed E-state index contributed by atoms with van der Waals surface area (Å²) in [5, 5.41) is 36.7. The molecule has 0 heterocycles. The summed E-state index contributed by atoms with van der Waals surface area (Å²) in [5.74, 6) is -6.16. The van der Waals surface area contributed by atoms with Crippen LogP contribution in [-0.2, 0) is 4.79 Å². The molecule has 7 heteroatoms. The van der Waals surface area contributed by atoms with Crippen molar-refractivity contribution >= 4 is 11.9 Å². The zero-order valence-corrected chi connectivity index (χ0v) is 8.57. The molecule has 1 rings (SSSR count). The lowest BCUT2D eigenvalue weighted by molar-refractivity contribution is -0.322. The van der Waals surface area contributed by atoms with E-state index in [1.165, 1.54) is 12.1 Å². The predicted molar refractivity (Wildman–Crippen MR) is 54.7 cm³/mol. The van der Waals surface area contributed by atoms with Crippen molar-refractivity contribution < 1.29 is 30.0 Å². The second-order valence-corrected chi connectivity index (χ2v) is 3.30. The average molecular weight is 241 g/mol. The maximum atomic E-state index is 11.5. The molecule has 1 amide bonds. The molecule has 0 unspecified atom stereocenters. The van der Waals surface area contributed by atoms with E-state index in [0.29, 0.717) is 0 Å². The molecule has 0 saturated heterocycles. The Labute approximate surface area is 95.9 Å². The summed E-state index contributed by atoms with van der Waals surface area (Å²) in [6.07, 6.45) is 0. The molecule has 1 aromatic carbocycles. The summed E-state index contributed by atoms with van der Waals surface area (Å²) in [7, 11) is 0. The molecule has 0 spiro atoms. The van der Waals surface area contributed by atoms with E-state index in [1.807, 2.05) is 0 Å². The van der Waals surface area contributed by atoms with Crippen LogP contribution in [0.2, 0.25) is 0 Å². The summed E-state index contributed by atoms with van der Waals surface area (Å²) in [6.45, 7) is 0. The highest BCUT2D eigenvalue weighted by Gasteiger charge is 2.40. The van der Waals surface area contributed by atoms with Crippen LogP contribution in [-0.4, -0.2) is 44.3 Å². The van der Waals surface area contributed by atoms with Gasteiger partial charge in [0.1, 0.15) is 0 Å². The second kappa shape index (κ2) is 4.91. The summed E-state index contributed by atoms with van der Waals surface area (Å²) in [6, 6.07) is 5.32. The third-order valence-electron chi connectivity index (χ3n) is 1.95. The first-order valence-corrected chi connectivity index (χ1v) is 4.58. The van der Waals surface area contributed by atoms with E-state index in [-0.39, 0.29) is 5.56 Å². The number of carbonyl (C=O) groups is 2. The van der Waals surface area contributed by atoms with Gasteiger partial charge in [-0.1, -0.05) is 18.2 Å². The van der Waals surface area contributed by atoms with E-state index >= 15 is 0 Å². The Morgan fingerprint density at radius 2 is 1.65 bits per heavy atom. The van der Waals surface area contributed by atoms with E-state index in [9.17, 15) is 9.59 Å². The molecule has 0 aliphatic carbocycles. The molecular weight excluding hydrogens is 230 g/mol. The molecule has 1 atom stereocenters. The monoisotopic (exact) mass is 241 g/mol.